The molecule has 1 amide bonds. The van der Waals surface area contributed by atoms with Gasteiger partial charge >= 0.3 is 0 Å². The third kappa shape index (κ3) is 4.13. The number of aromatic nitrogens is 2. The van der Waals surface area contributed by atoms with Gasteiger partial charge in [-0.05, 0) is 32.0 Å². The van der Waals surface area contributed by atoms with Crippen molar-refractivity contribution < 1.29 is 14.1 Å². The van der Waals surface area contributed by atoms with Crippen molar-refractivity contribution in [2.75, 3.05) is 13.6 Å². The van der Waals surface area contributed by atoms with Crippen LogP contribution in [-0.2, 0) is 11.3 Å². The Morgan fingerprint density at radius 1 is 1.38 bits per heavy atom. The van der Waals surface area contributed by atoms with Gasteiger partial charge in [0.05, 0.1) is 18.0 Å². The molecule has 1 aromatic carbocycles. The van der Waals surface area contributed by atoms with Crippen LogP contribution in [0.3, 0.4) is 0 Å². The molecule has 0 radical (unpaired) electrons. The molecule has 0 bridgehead atoms. The first-order valence-corrected chi connectivity index (χ1v) is 7.56. The Balaban J connectivity index is 1.58. The minimum atomic E-state index is -0.468. The van der Waals surface area contributed by atoms with Crippen LogP contribution in [-0.4, -0.2) is 45.6 Å². The third-order valence-electron chi connectivity index (χ3n) is 3.55. The predicted octanol–water partition coefficient (Wildman–Crippen LogP) is 1.36. The van der Waals surface area contributed by atoms with E-state index in [0.717, 1.165) is 12.8 Å². The fraction of sp³-hybridized carbons (Fsp3) is 0.400. The van der Waals surface area contributed by atoms with Gasteiger partial charge in [-0.25, -0.2) is 0 Å². The number of carbonyl (C=O) groups is 1. The van der Waals surface area contributed by atoms with Crippen LogP contribution in [0.25, 0.3) is 11.5 Å². The summed E-state index contributed by atoms with van der Waals surface area (Å²) in [5, 5.41) is 21.4. The molecule has 0 atom stereocenters. The summed E-state index contributed by atoms with van der Waals surface area (Å²) >= 11 is 0. The molecule has 1 N–H and O–H groups in total. The number of hydrogen-bond acceptors (Lipinski definition) is 7. The lowest BCUT2D eigenvalue weighted by Gasteiger charge is -2.13. The van der Waals surface area contributed by atoms with Gasteiger partial charge in [0.2, 0.25) is 17.7 Å². The fourth-order valence-corrected chi connectivity index (χ4v) is 2.19. The fourth-order valence-electron chi connectivity index (χ4n) is 2.19. The molecule has 24 heavy (non-hydrogen) atoms. The van der Waals surface area contributed by atoms with Crippen molar-refractivity contribution in [2.24, 2.45) is 0 Å². The maximum atomic E-state index is 11.7. The highest BCUT2D eigenvalue weighted by molar-refractivity contribution is 5.78. The SMILES string of the molecule is CN(CC(=O)NC1CC1)Cc1nnc(-c2ccc([N+](=O)[O-])cc2)o1. The van der Waals surface area contributed by atoms with Crippen molar-refractivity contribution in [3.63, 3.8) is 0 Å². The second-order valence-corrected chi connectivity index (χ2v) is 5.82. The van der Waals surface area contributed by atoms with Crippen LogP contribution in [0.1, 0.15) is 18.7 Å². The van der Waals surface area contributed by atoms with E-state index in [0.29, 0.717) is 24.0 Å². The van der Waals surface area contributed by atoms with E-state index in [1.165, 1.54) is 12.1 Å². The van der Waals surface area contributed by atoms with E-state index >= 15 is 0 Å². The summed E-state index contributed by atoms with van der Waals surface area (Å²) in [5.74, 6) is 0.649. The monoisotopic (exact) mass is 331 g/mol. The van der Waals surface area contributed by atoms with Crippen molar-refractivity contribution in [1.29, 1.82) is 0 Å². The summed E-state index contributed by atoms with van der Waals surface area (Å²) in [7, 11) is 1.79. The Bertz CT molecular complexity index is 739. The number of non-ortho nitro benzene ring substituents is 1. The van der Waals surface area contributed by atoms with Gasteiger partial charge in [-0.1, -0.05) is 0 Å². The molecule has 126 valence electrons. The first-order valence-electron chi connectivity index (χ1n) is 7.56. The molecule has 0 aliphatic heterocycles. The average molecular weight is 331 g/mol. The van der Waals surface area contributed by atoms with Gasteiger partial charge in [0.1, 0.15) is 0 Å². The number of nitro groups is 1. The molecule has 0 saturated heterocycles. The van der Waals surface area contributed by atoms with E-state index in [1.54, 1.807) is 24.1 Å². The zero-order valence-corrected chi connectivity index (χ0v) is 13.1. The van der Waals surface area contributed by atoms with E-state index in [9.17, 15) is 14.9 Å². The van der Waals surface area contributed by atoms with Crippen LogP contribution < -0.4 is 5.32 Å². The summed E-state index contributed by atoms with van der Waals surface area (Å²) < 4.78 is 5.55. The molecule has 1 aromatic heterocycles. The zero-order valence-electron chi connectivity index (χ0n) is 13.1. The van der Waals surface area contributed by atoms with Gasteiger partial charge in [-0.3, -0.25) is 19.8 Å². The van der Waals surface area contributed by atoms with E-state index in [2.05, 4.69) is 15.5 Å². The van der Waals surface area contributed by atoms with Crippen LogP contribution in [0.4, 0.5) is 5.69 Å². The van der Waals surface area contributed by atoms with Gasteiger partial charge in [0.25, 0.3) is 5.69 Å². The molecule has 9 heteroatoms. The second-order valence-electron chi connectivity index (χ2n) is 5.82. The number of likely N-dealkylation sites (N-methyl/N-ethyl adjacent to an activating group) is 1. The van der Waals surface area contributed by atoms with E-state index in [1.807, 2.05) is 0 Å². The number of nitrogens with one attached hydrogen (secondary N) is 1. The van der Waals surface area contributed by atoms with Gasteiger partial charge < -0.3 is 9.73 Å². The number of amides is 1. The molecule has 1 heterocycles. The van der Waals surface area contributed by atoms with Gasteiger partial charge in [0, 0.05) is 23.7 Å². The number of carbonyl (C=O) groups excluding carboxylic acids is 1. The van der Waals surface area contributed by atoms with E-state index in [-0.39, 0.29) is 24.0 Å². The van der Waals surface area contributed by atoms with E-state index in [4.69, 9.17) is 4.42 Å². The molecule has 2 aromatic rings. The topological polar surface area (TPSA) is 114 Å². The molecule has 0 spiro atoms. The highest BCUT2D eigenvalue weighted by Crippen LogP contribution is 2.21. The molecule has 0 unspecified atom stereocenters. The highest BCUT2D eigenvalue weighted by atomic mass is 16.6. The van der Waals surface area contributed by atoms with Crippen molar-refractivity contribution in [3.05, 3.63) is 40.3 Å². The Morgan fingerprint density at radius 2 is 2.08 bits per heavy atom. The smallest absolute Gasteiger partial charge is 0.269 e. The molecule has 3 rings (SSSR count). The van der Waals surface area contributed by atoms with Crippen molar-refractivity contribution in [3.8, 4) is 11.5 Å². The Kier molecular flexibility index (Phi) is 4.52. The van der Waals surface area contributed by atoms with Crippen LogP contribution >= 0.6 is 0 Å². The normalized spacial score (nSPS) is 13.9. The summed E-state index contributed by atoms with van der Waals surface area (Å²) in [6, 6.07) is 6.22. The third-order valence-corrected chi connectivity index (χ3v) is 3.55. The van der Waals surface area contributed by atoms with Crippen LogP contribution in [0, 0.1) is 10.1 Å². The first-order chi connectivity index (χ1) is 11.5. The first kappa shape index (κ1) is 16.1. The lowest BCUT2D eigenvalue weighted by Crippen LogP contribution is -2.36. The van der Waals surface area contributed by atoms with Crippen LogP contribution in [0.15, 0.2) is 28.7 Å². The number of nitrogens with zero attached hydrogens (tertiary/aromatic N) is 4. The largest absolute Gasteiger partial charge is 0.419 e. The predicted molar refractivity (Wildman–Crippen MR) is 83.9 cm³/mol. The Labute approximate surface area is 137 Å². The lowest BCUT2D eigenvalue weighted by atomic mass is 10.2. The van der Waals surface area contributed by atoms with Crippen LogP contribution in [0.5, 0.6) is 0 Å². The number of rotatable bonds is 7. The second kappa shape index (κ2) is 6.75. The minimum Gasteiger partial charge on any atom is -0.419 e. The summed E-state index contributed by atoms with van der Waals surface area (Å²) in [6.45, 7) is 0.601. The van der Waals surface area contributed by atoms with E-state index < -0.39 is 4.92 Å². The molecular weight excluding hydrogens is 314 g/mol. The van der Waals surface area contributed by atoms with Crippen molar-refractivity contribution >= 4 is 11.6 Å². The molecule has 1 fully saturated rings. The minimum absolute atomic E-state index is 0.0000952. The molecular formula is C15H17N5O4. The number of nitro benzene ring substituents is 1. The maximum absolute atomic E-state index is 11.7. The summed E-state index contributed by atoms with van der Waals surface area (Å²) in [6.07, 6.45) is 2.11. The quantitative estimate of drug-likeness (QED) is 0.601. The summed E-state index contributed by atoms with van der Waals surface area (Å²) in [5.41, 5.74) is 0.605. The Hall–Kier alpha value is -2.81. The van der Waals surface area contributed by atoms with Crippen molar-refractivity contribution in [2.45, 2.75) is 25.4 Å². The van der Waals surface area contributed by atoms with Gasteiger partial charge in [0.15, 0.2) is 0 Å². The van der Waals surface area contributed by atoms with Gasteiger partial charge in [-0.2, -0.15) is 0 Å². The number of hydrogen-bond donors (Lipinski definition) is 1. The zero-order chi connectivity index (χ0) is 17.1. The maximum Gasteiger partial charge on any atom is 0.269 e. The molecule has 1 aliphatic carbocycles. The molecule has 1 saturated carbocycles. The van der Waals surface area contributed by atoms with Crippen molar-refractivity contribution in [1.82, 2.24) is 20.4 Å². The Morgan fingerprint density at radius 3 is 2.71 bits per heavy atom. The average Bonchev–Trinajstić information content (AvgIpc) is 3.22. The summed E-state index contributed by atoms with van der Waals surface area (Å²) in [4.78, 5) is 23.7. The lowest BCUT2D eigenvalue weighted by molar-refractivity contribution is -0.384. The number of benzene rings is 1. The standard InChI is InChI=1S/C15H17N5O4/c1-19(8-13(21)16-11-4-5-11)9-14-17-18-15(24-14)10-2-6-12(7-3-10)20(22)23/h2-3,6-7,11H,4-5,8-9H2,1H3,(H,16,21). The van der Waals surface area contributed by atoms with Gasteiger partial charge in [-0.15, -0.1) is 10.2 Å². The van der Waals surface area contributed by atoms with Crippen LogP contribution in [0.2, 0.25) is 0 Å². The highest BCUT2D eigenvalue weighted by Gasteiger charge is 2.23. The molecule has 1 aliphatic rings. The molecule has 9 nitrogen and oxygen atoms in total.